The van der Waals surface area contributed by atoms with E-state index in [1.54, 1.807) is 4.68 Å². The van der Waals surface area contributed by atoms with Crippen molar-refractivity contribution in [1.29, 1.82) is 0 Å². The third kappa shape index (κ3) is 2.30. The summed E-state index contributed by atoms with van der Waals surface area (Å²) >= 11 is 6.18. The Kier molecular flexibility index (Phi) is 3.44. The fourth-order valence-electron chi connectivity index (χ4n) is 2.65. The van der Waals surface area contributed by atoms with Crippen molar-refractivity contribution >= 4 is 11.6 Å². The lowest BCUT2D eigenvalue weighted by Gasteiger charge is -2.09. The van der Waals surface area contributed by atoms with E-state index >= 15 is 0 Å². The van der Waals surface area contributed by atoms with Crippen LogP contribution in [0.25, 0.3) is 0 Å². The summed E-state index contributed by atoms with van der Waals surface area (Å²) in [4.78, 5) is 0. The van der Waals surface area contributed by atoms with Crippen molar-refractivity contribution in [1.82, 2.24) is 9.78 Å². The average Bonchev–Trinajstić information content (AvgIpc) is 2.90. The molecule has 106 valence electrons. The number of aliphatic hydroxyl groups excluding tert-OH is 1. The van der Waals surface area contributed by atoms with E-state index in [1.807, 2.05) is 32.2 Å². The van der Waals surface area contributed by atoms with Crippen molar-refractivity contribution in [2.75, 3.05) is 0 Å². The third-order valence-corrected chi connectivity index (χ3v) is 4.29. The fourth-order valence-corrected chi connectivity index (χ4v) is 2.88. The molecule has 3 rings (SSSR count). The first-order chi connectivity index (χ1) is 9.56. The summed E-state index contributed by atoms with van der Waals surface area (Å²) in [7, 11) is 1.82. The summed E-state index contributed by atoms with van der Waals surface area (Å²) in [6.45, 7) is 2.32. The summed E-state index contributed by atoms with van der Waals surface area (Å²) in [5.41, 5.74) is 3.99. The number of aromatic nitrogens is 2. The zero-order chi connectivity index (χ0) is 14.3. The highest BCUT2D eigenvalue weighted by Crippen LogP contribution is 2.33. The van der Waals surface area contributed by atoms with Gasteiger partial charge in [-0.05, 0) is 43.0 Å². The van der Waals surface area contributed by atoms with Gasteiger partial charge in [0.2, 0.25) is 0 Å². The second-order valence-electron chi connectivity index (χ2n) is 5.18. The van der Waals surface area contributed by atoms with Crippen LogP contribution in [0.3, 0.4) is 0 Å². The summed E-state index contributed by atoms with van der Waals surface area (Å²) < 4.78 is 7.46. The molecule has 1 aliphatic rings. The van der Waals surface area contributed by atoms with Crippen molar-refractivity contribution in [3.05, 3.63) is 45.7 Å². The maximum Gasteiger partial charge on any atom is 0.133 e. The number of hydrogen-bond acceptors (Lipinski definition) is 3. The lowest BCUT2D eigenvalue weighted by atomic mass is 10.1. The molecule has 0 saturated heterocycles. The molecule has 0 amide bonds. The monoisotopic (exact) mass is 292 g/mol. The number of nitrogens with zero attached hydrogens (tertiary/aromatic N) is 2. The Morgan fingerprint density at radius 1 is 1.50 bits per heavy atom. The molecule has 20 heavy (non-hydrogen) atoms. The van der Waals surface area contributed by atoms with Crippen LogP contribution in [0, 0.1) is 6.92 Å². The minimum Gasteiger partial charge on any atom is -0.489 e. The van der Waals surface area contributed by atoms with E-state index in [2.05, 4.69) is 5.10 Å². The number of halogens is 1. The van der Waals surface area contributed by atoms with Gasteiger partial charge in [-0.15, -0.1) is 0 Å². The summed E-state index contributed by atoms with van der Waals surface area (Å²) in [6, 6.07) is 5.85. The van der Waals surface area contributed by atoms with E-state index in [1.165, 1.54) is 5.56 Å². The van der Waals surface area contributed by atoms with Gasteiger partial charge in [-0.2, -0.15) is 5.10 Å². The van der Waals surface area contributed by atoms with Gasteiger partial charge in [-0.3, -0.25) is 4.68 Å². The van der Waals surface area contributed by atoms with Crippen LogP contribution in [-0.2, 0) is 20.1 Å². The summed E-state index contributed by atoms with van der Waals surface area (Å²) in [5, 5.41) is 14.7. The smallest absolute Gasteiger partial charge is 0.133 e. The number of fused-ring (bicyclic) bond motifs is 1. The lowest BCUT2D eigenvalue weighted by Crippen LogP contribution is -1.98. The zero-order valence-corrected chi connectivity index (χ0v) is 12.3. The van der Waals surface area contributed by atoms with Gasteiger partial charge < -0.3 is 9.84 Å². The molecular formula is C15H17ClN2O2. The summed E-state index contributed by atoms with van der Waals surface area (Å²) in [5.74, 6) is 0.803. The molecule has 0 fully saturated rings. The second kappa shape index (κ2) is 5.11. The Labute approximate surface area is 122 Å². The van der Waals surface area contributed by atoms with Crippen LogP contribution in [-0.4, -0.2) is 14.9 Å². The fraction of sp³-hybridized carbons (Fsp3) is 0.400. The molecule has 0 aliphatic heterocycles. The van der Waals surface area contributed by atoms with E-state index in [4.69, 9.17) is 16.3 Å². The largest absolute Gasteiger partial charge is 0.489 e. The highest BCUT2D eigenvalue weighted by atomic mass is 35.5. The first-order valence-corrected chi connectivity index (χ1v) is 7.05. The second-order valence-corrected chi connectivity index (χ2v) is 5.54. The molecule has 0 spiro atoms. The first kappa shape index (κ1) is 13.5. The van der Waals surface area contributed by atoms with Gasteiger partial charge in [0.05, 0.1) is 11.8 Å². The van der Waals surface area contributed by atoms with Gasteiger partial charge in [0.1, 0.15) is 17.5 Å². The van der Waals surface area contributed by atoms with Crippen molar-refractivity contribution in [2.24, 2.45) is 7.05 Å². The van der Waals surface area contributed by atoms with Crippen molar-refractivity contribution in [2.45, 2.75) is 32.5 Å². The molecule has 1 aromatic carbocycles. The molecule has 0 saturated carbocycles. The molecule has 1 heterocycles. The van der Waals surface area contributed by atoms with Crippen LogP contribution < -0.4 is 4.74 Å². The molecule has 0 bridgehead atoms. The zero-order valence-electron chi connectivity index (χ0n) is 11.6. The van der Waals surface area contributed by atoms with Crippen LogP contribution in [0.1, 0.15) is 34.9 Å². The predicted molar refractivity (Wildman–Crippen MR) is 77.0 cm³/mol. The Balaban J connectivity index is 1.76. The standard InChI is InChI=1S/C15H17ClN2O2/c1-9-13(15(16)18(2)17-9)8-20-11-4-5-12-10(7-11)3-6-14(12)19/h4-5,7,14,19H,3,6,8H2,1-2H3/t14-/m0/s1. The SMILES string of the molecule is Cc1nn(C)c(Cl)c1COc1ccc2c(c1)CC[C@@H]2O. The Bertz CT molecular complexity index is 652. The van der Waals surface area contributed by atoms with Crippen LogP contribution in [0.4, 0.5) is 0 Å². The molecule has 1 aromatic heterocycles. The van der Waals surface area contributed by atoms with E-state index < -0.39 is 0 Å². The van der Waals surface area contributed by atoms with Gasteiger partial charge in [0.15, 0.2) is 0 Å². The van der Waals surface area contributed by atoms with Gasteiger partial charge in [-0.25, -0.2) is 0 Å². The predicted octanol–water partition coefficient (Wildman–Crippen LogP) is 2.94. The number of benzene rings is 1. The molecule has 4 nitrogen and oxygen atoms in total. The molecule has 2 aromatic rings. The topological polar surface area (TPSA) is 47.3 Å². The van der Waals surface area contributed by atoms with Crippen molar-refractivity contribution in [3.8, 4) is 5.75 Å². The normalized spacial score (nSPS) is 17.3. The van der Waals surface area contributed by atoms with Crippen molar-refractivity contribution in [3.63, 3.8) is 0 Å². The number of hydrogen-bond donors (Lipinski definition) is 1. The highest BCUT2D eigenvalue weighted by Gasteiger charge is 2.20. The van der Waals surface area contributed by atoms with Gasteiger partial charge >= 0.3 is 0 Å². The number of aliphatic hydroxyl groups is 1. The quantitative estimate of drug-likeness (QED) is 0.946. The van der Waals surface area contributed by atoms with E-state index in [9.17, 15) is 5.11 Å². The molecule has 1 N–H and O–H groups in total. The molecule has 0 unspecified atom stereocenters. The Hall–Kier alpha value is -1.52. The minimum atomic E-state index is -0.325. The van der Waals surface area contributed by atoms with E-state index in [0.717, 1.165) is 35.4 Å². The molecule has 1 aliphatic carbocycles. The Morgan fingerprint density at radius 3 is 3.00 bits per heavy atom. The van der Waals surface area contributed by atoms with Gasteiger partial charge in [0.25, 0.3) is 0 Å². The molecular weight excluding hydrogens is 276 g/mol. The summed E-state index contributed by atoms with van der Waals surface area (Å²) in [6.07, 6.45) is 1.38. The average molecular weight is 293 g/mol. The number of aryl methyl sites for hydroxylation is 3. The van der Waals surface area contributed by atoms with E-state index in [0.29, 0.717) is 11.8 Å². The maximum atomic E-state index is 9.79. The van der Waals surface area contributed by atoms with Crippen LogP contribution in [0.2, 0.25) is 5.15 Å². The highest BCUT2D eigenvalue weighted by molar-refractivity contribution is 6.30. The number of rotatable bonds is 3. The van der Waals surface area contributed by atoms with Crippen molar-refractivity contribution < 1.29 is 9.84 Å². The maximum absolute atomic E-state index is 9.79. The van der Waals surface area contributed by atoms with E-state index in [-0.39, 0.29) is 6.10 Å². The number of ether oxygens (including phenoxy) is 1. The minimum absolute atomic E-state index is 0.325. The Morgan fingerprint density at radius 2 is 2.30 bits per heavy atom. The van der Waals surface area contributed by atoms with Crippen LogP contribution in [0.15, 0.2) is 18.2 Å². The van der Waals surface area contributed by atoms with Gasteiger partial charge in [0, 0.05) is 12.6 Å². The van der Waals surface area contributed by atoms with Crippen LogP contribution in [0.5, 0.6) is 5.75 Å². The lowest BCUT2D eigenvalue weighted by molar-refractivity contribution is 0.180. The third-order valence-electron chi connectivity index (χ3n) is 3.81. The first-order valence-electron chi connectivity index (χ1n) is 6.68. The molecule has 5 heteroatoms. The molecule has 0 radical (unpaired) electrons. The van der Waals surface area contributed by atoms with Crippen LogP contribution >= 0.6 is 11.6 Å². The molecule has 1 atom stereocenters. The van der Waals surface area contributed by atoms with Gasteiger partial charge in [-0.1, -0.05) is 17.7 Å².